The molecule has 0 atom stereocenters. The number of hydrogen-bond donors (Lipinski definition) is 3. The third-order valence-corrected chi connectivity index (χ3v) is 2.86. The largest absolute Gasteiger partial charge is 0.504 e. The van der Waals surface area contributed by atoms with E-state index in [1.807, 2.05) is 13.8 Å². The fourth-order valence-electron chi connectivity index (χ4n) is 1.83. The van der Waals surface area contributed by atoms with Crippen LogP contribution in [0.25, 0.3) is 11.4 Å². The minimum absolute atomic E-state index is 0.161. The zero-order chi connectivity index (χ0) is 13.3. The molecule has 0 unspecified atom stereocenters. The molecule has 0 saturated carbocycles. The van der Waals surface area contributed by atoms with Crippen LogP contribution in [0, 0.1) is 13.8 Å². The fourth-order valence-corrected chi connectivity index (χ4v) is 1.83. The van der Waals surface area contributed by atoms with Crippen LogP contribution in [0.3, 0.4) is 0 Å². The lowest BCUT2D eigenvalue weighted by Gasteiger charge is -2.09. The van der Waals surface area contributed by atoms with Gasteiger partial charge < -0.3 is 15.9 Å². The number of nitrogens with zero attached hydrogens (tertiary/aromatic N) is 2. The van der Waals surface area contributed by atoms with E-state index in [1.165, 1.54) is 12.1 Å². The molecule has 2 rings (SSSR count). The lowest BCUT2D eigenvalue weighted by atomic mass is 10.1. The highest BCUT2D eigenvalue weighted by molar-refractivity contribution is 5.61. The molecule has 1 heterocycles. The molecule has 5 heteroatoms. The van der Waals surface area contributed by atoms with Gasteiger partial charge in [-0.3, -0.25) is 0 Å². The Bertz CT molecular complexity index is 574. The zero-order valence-corrected chi connectivity index (χ0v) is 10.3. The highest BCUT2D eigenvalue weighted by Crippen LogP contribution is 2.29. The monoisotopic (exact) mass is 245 g/mol. The topological polar surface area (TPSA) is 92.3 Å². The van der Waals surface area contributed by atoms with Gasteiger partial charge in [0.2, 0.25) is 0 Å². The molecule has 4 N–H and O–H groups in total. The number of rotatable bonds is 2. The average Bonchev–Trinajstić information content (AvgIpc) is 2.32. The molecule has 0 saturated heterocycles. The second-order valence-corrected chi connectivity index (χ2v) is 4.10. The Balaban J connectivity index is 2.54. The van der Waals surface area contributed by atoms with Crippen LogP contribution < -0.4 is 5.73 Å². The van der Waals surface area contributed by atoms with Crippen molar-refractivity contribution >= 4 is 0 Å². The number of aromatic hydroxyl groups is 2. The predicted octanol–water partition coefficient (Wildman–Crippen LogP) is 1.63. The fraction of sp³-hybridized carbons (Fsp3) is 0.231. The molecule has 0 spiro atoms. The van der Waals surface area contributed by atoms with E-state index in [2.05, 4.69) is 9.97 Å². The van der Waals surface area contributed by atoms with Gasteiger partial charge in [-0.2, -0.15) is 0 Å². The summed E-state index contributed by atoms with van der Waals surface area (Å²) in [6.45, 7) is 4.15. The summed E-state index contributed by atoms with van der Waals surface area (Å²) < 4.78 is 0. The van der Waals surface area contributed by atoms with Gasteiger partial charge >= 0.3 is 0 Å². The predicted molar refractivity (Wildman–Crippen MR) is 68.2 cm³/mol. The molecule has 18 heavy (non-hydrogen) atoms. The first-order chi connectivity index (χ1) is 8.52. The first kappa shape index (κ1) is 12.3. The van der Waals surface area contributed by atoms with Crippen LogP contribution in [0.5, 0.6) is 11.5 Å². The Labute approximate surface area is 105 Å². The number of phenolic OH excluding ortho intramolecular Hbond substituents is 2. The van der Waals surface area contributed by atoms with E-state index in [0.717, 1.165) is 17.0 Å². The number of benzene rings is 1. The summed E-state index contributed by atoms with van der Waals surface area (Å²) in [5.74, 6) is 0.164. The van der Waals surface area contributed by atoms with E-state index in [4.69, 9.17) is 5.73 Å². The van der Waals surface area contributed by atoms with E-state index < -0.39 is 0 Å². The Kier molecular flexibility index (Phi) is 3.16. The molecule has 5 nitrogen and oxygen atoms in total. The van der Waals surface area contributed by atoms with Crippen molar-refractivity contribution in [1.29, 1.82) is 0 Å². The minimum atomic E-state index is -0.186. The Morgan fingerprint density at radius 2 is 1.67 bits per heavy atom. The van der Waals surface area contributed by atoms with Gasteiger partial charge in [-0.15, -0.1) is 0 Å². The van der Waals surface area contributed by atoms with Crippen LogP contribution in [-0.4, -0.2) is 20.2 Å². The average molecular weight is 245 g/mol. The number of aryl methyl sites for hydroxylation is 2. The van der Waals surface area contributed by atoms with E-state index in [-0.39, 0.29) is 11.5 Å². The summed E-state index contributed by atoms with van der Waals surface area (Å²) >= 11 is 0. The molecule has 0 amide bonds. The van der Waals surface area contributed by atoms with Crippen LogP contribution in [0.2, 0.25) is 0 Å². The molecule has 0 aliphatic rings. The van der Waals surface area contributed by atoms with Gasteiger partial charge in [0.15, 0.2) is 17.3 Å². The number of phenols is 2. The molecule has 94 valence electrons. The van der Waals surface area contributed by atoms with Crippen molar-refractivity contribution in [1.82, 2.24) is 9.97 Å². The van der Waals surface area contributed by atoms with Gasteiger partial charge in [0.25, 0.3) is 0 Å². The molecule has 1 aromatic heterocycles. The summed E-state index contributed by atoms with van der Waals surface area (Å²) in [7, 11) is 0. The van der Waals surface area contributed by atoms with Crippen LogP contribution in [0.15, 0.2) is 18.2 Å². The molecule has 0 aliphatic carbocycles. The van der Waals surface area contributed by atoms with Crippen molar-refractivity contribution in [3.8, 4) is 22.9 Å². The Morgan fingerprint density at radius 1 is 1.06 bits per heavy atom. The van der Waals surface area contributed by atoms with Gasteiger partial charge in [0.05, 0.1) is 0 Å². The summed E-state index contributed by atoms with van der Waals surface area (Å²) in [6, 6.07) is 4.51. The second-order valence-electron chi connectivity index (χ2n) is 4.10. The second kappa shape index (κ2) is 4.62. The van der Waals surface area contributed by atoms with Crippen LogP contribution in [-0.2, 0) is 6.54 Å². The van der Waals surface area contributed by atoms with Gasteiger partial charge in [0.1, 0.15) is 0 Å². The maximum absolute atomic E-state index is 9.48. The molecule has 0 fully saturated rings. The molecule has 2 aromatic rings. The molecule has 0 bridgehead atoms. The number of nitrogens with two attached hydrogens (primary N) is 1. The summed E-state index contributed by atoms with van der Waals surface area (Å²) in [5, 5.41) is 18.7. The van der Waals surface area contributed by atoms with Crippen molar-refractivity contribution in [2.45, 2.75) is 20.4 Å². The van der Waals surface area contributed by atoms with Crippen molar-refractivity contribution in [3.63, 3.8) is 0 Å². The zero-order valence-electron chi connectivity index (χ0n) is 10.3. The first-order valence-electron chi connectivity index (χ1n) is 5.59. The van der Waals surface area contributed by atoms with E-state index >= 15 is 0 Å². The van der Waals surface area contributed by atoms with Gasteiger partial charge in [-0.25, -0.2) is 9.97 Å². The molecule has 0 aliphatic heterocycles. The molecular weight excluding hydrogens is 230 g/mol. The summed E-state index contributed by atoms with van der Waals surface area (Å²) in [6.07, 6.45) is 0. The minimum Gasteiger partial charge on any atom is -0.504 e. The summed E-state index contributed by atoms with van der Waals surface area (Å²) in [5.41, 5.74) is 8.87. The Morgan fingerprint density at radius 3 is 2.17 bits per heavy atom. The normalized spacial score (nSPS) is 10.6. The van der Waals surface area contributed by atoms with Crippen LogP contribution >= 0.6 is 0 Å². The smallest absolute Gasteiger partial charge is 0.159 e. The van der Waals surface area contributed by atoms with Crippen LogP contribution in [0.4, 0.5) is 0 Å². The van der Waals surface area contributed by atoms with Crippen molar-refractivity contribution in [3.05, 3.63) is 35.2 Å². The summed E-state index contributed by atoms with van der Waals surface area (Å²) in [4.78, 5) is 8.72. The quantitative estimate of drug-likeness (QED) is 0.699. The van der Waals surface area contributed by atoms with Gasteiger partial charge in [-0.1, -0.05) is 0 Å². The molecule has 0 radical (unpaired) electrons. The standard InChI is InChI=1S/C13H15N3O2/c1-7-10(6-14)8(2)16-13(15-7)9-3-4-11(17)12(18)5-9/h3-5,17-18H,6,14H2,1-2H3. The van der Waals surface area contributed by atoms with E-state index in [1.54, 1.807) is 6.07 Å². The maximum atomic E-state index is 9.48. The lowest BCUT2D eigenvalue weighted by Crippen LogP contribution is -2.07. The van der Waals surface area contributed by atoms with Crippen LogP contribution in [0.1, 0.15) is 17.0 Å². The van der Waals surface area contributed by atoms with Gasteiger partial charge in [-0.05, 0) is 32.0 Å². The van der Waals surface area contributed by atoms with Gasteiger partial charge in [0, 0.05) is 29.1 Å². The number of hydrogen-bond acceptors (Lipinski definition) is 5. The first-order valence-corrected chi connectivity index (χ1v) is 5.59. The number of aromatic nitrogens is 2. The highest BCUT2D eigenvalue weighted by atomic mass is 16.3. The van der Waals surface area contributed by atoms with Crippen molar-refractivity contribution < 1.29 is 10.2 Å². The maximum Gasteiger partial charge on any atom is 0.159 e. The van der Waals surface area contributed by atoms with E-state index in [0.29, 0.717) is 17.9 Å². The third kappa shape index (κ3) is 2.12. The van der Waals surface area contributed by atoms with Crippen molar-refractivity contribution in [2.75, 3.05) is 0 Å². The van der Waals surface area contributed by atoms with Crippen molar-refractivity contribution in [2.24, 2.45) is 5.73 Å². The lowest BCUT2D eigenvalue weighted by molar-refractivity contribution is 0.404. The SMILES string of the molecule is Cc1nc(-c2ccc(O)c(O)c2)nc(C)c1CN. The van der Waals surface area contributed by atoms with E-state index in [9.17, 15) is 10.2 Å². The molecular formula is C13H15N3O2. The third-order valence-electron chi connectivity index (χ3n) is 2.86. The highest BCUT2D eigenvalue weighted by Gasteiger charge is 2.10. The molecule has 1 aromatic carbocycles. The Hall–Kier alpha value is -2.14.